The van der Waals surface area contributed by atoms with E-state index in [1.54, 1.807) is 66.3 Å². The second-order valence-corrected chi connectivity index (χ2v) is 6.62. The molecule has 7 heteroatoms. The van der Waals surface area contributed by atoms with Crippen molar-refractivity contribution < 1.29 is 9.53 Å². The van der Waals surface area contributed by atoms with Gasteiger partial charge in [0.25, 0.3) is 5.91 Å². The summed E-state index contributed by atoms with van der Waals surface area (Å²) in [5.41, 5.74) is 1.95. The molecule has 0 atom stereocenters. The van der Waals surface area contributed by atoms with Gasteiger partial charge in [-0.05, 0) is 42.5 Å². The quantitative estimate of drug-likeness (QED) is 0.646. The van der Waals surface area contributed by atoms with Gasteiger partial charge in [0, 0.05) is 35.4 Å². The highest BCUT2D eigenvalue weighted by Crippen LogP contribution is 2.24. The van der Waals surface area contributed by atoms with Gasteiger partial charge in [-0.15, -0.1) is 0 Å². The number of nitrogens with zero attached hydrogens (tertiary/aromatic N) is 3. The van der Waals surface area contributed by atoms with Crippen molar-refractivity contribution in [2.45, 2.75) is 6.54 Å². The molecule has 1 heterocycles. The van der Waals surface area contributed by atoms with Gasteiger partial charge in [0.15, 0.2) is 5.69 Å². The summed E-state index contributed by atoms with van der Waals surface area (Å²) < 4.78 is 6.95. The van der Waals surface area contributed by atoms with Gasteiger partial charge in [0.05, 0.1) is 12.8 Å². The Morgan fingerprint density at radius 1 is 1.15 bits per heavy atom. The molecule has 5 nitrogen and oxygen atoms in total. The van der Waals surface area contributed by atoms with Gasteiger partial charge >= 0.3 is 0 Å². The van der Waals surface area contributed by atoms with Gasteiger partial charge in [-0.25, -0.2) is 4.68 Å². The number of hydrogen-bond acceptors (Lipinski definition) is 3. The van der Waals surface area contributed by atoms with E-state index in [1.807, 2.05) is 12.1 Å². The van der Waals surface area contributed by atoms with Gasteiger partial charge < -0.3 is 9.64 Å². The standard InChI is InChI=1S/C19H17Cl2N3O2/c1-23(12-13-10-15(21)6-7-18(13)26-2)19(25)17-8-9-24(22-17)16-5-3-4-14(20)11-16/h3-11H,12H2,1-2H3. The van der Waals surface area contributed by atoms with Crippen LogP contribution in [0.15, 0.2) is 54.7 Å². The Morgan fingerprint density at radius 2 is 1.92 bits per heavy atom. The van der Waals surface area contributed by atoms with Crippen molar-refractivity contribution in [2.75, 3.05) is 14.2 Å². The first-order chi connectivity index (χ1) is 12.5. The number of amides is 1. The van der Waals surface area contributed by atoms with E-state index in [9.17, 15) is 4.79 Å². The van der Waals surface area contributed by atoms with Crippen molar-refractivity contribution in [3.63, 3.8) is 0 Å². The maximum absolute atomic E-state index is 12.7. The molecular weight excluding hydrogens is 373 g/mol. The van der Waals surface area contributed by atoms with Gasteiger partial charge in [0.2, 0.25) is 0 Å². The minimum Gasteiger partial charge on any atom is -0.496 e. The fourth-order valence-electron chi connectivity index (χ4n) is 2.59. The summed E-state index contributed by atoms with van der Waals surface area (Å²) in [6.07, 6.45) is 1.73. The molecule has 0 aliphatic carbocycles. The van der Waals surface area contributed by atoms with Crippen LogP contribution < -0.4 is 4.74 Å². The number of carbonyl (C=O) groups excluding carboxylic acids is 1. The Hall–Kier alpha value is -2.50. The van der Waals surface area contributed by atoms with E-state index >= 15 is 0 Å². The molecule has 1 amide bonds. The zero-order valence-electron chi connectivity index (χ0n) is 14.3. The van der Waals surface area contributed by atoms with Gasteiger partial charge in [-0.1, -0.05) is 29.3 Å². The normalized spacial score (nSPS) is 10.6. The van der Waals surface area contributed by atoms with Crippen molar-refractivity contribution >= 4 is 29.1 Å². The predicted octanol–water partition coefficient (Wildman–Crippen LogP) is 4.46. The molecule has 0 aliphatic heterocycles. The molecule has 0 saturated carbocycles. The maximum Gasteiger partial charge on any atom is 0.274 e. The van der Waals surface area contributed by atoms with Crippen molar-refractivity contribution in [3.8, 4) is 11.4 Å². The highest BCUT2D eigenvalue weighted by molar-refractivity contribution is 6.31. The summed E-state index contributed by atoms with van der Waals surface area (Å²) in [6, 6.07) is 14.3. The molecule has 0 saturated heterocycles. The fourth-order valence-corrected chi connectivity index (χ4v) is 2.97. The highest BCUT2D eigenvalue weighted by atomic mass is 35.5. The van der Waals surface area contributed by atoms with E-state index < -0.39 is 0 Å². The monoisotopic (exact) mass is 389 g/mol. The molecular formula is C19H17Cl2N3O2. The largest absolute Gasteiger partial charge is 0.496 e. The Balaban J connectivity index is 1.78. The first-order valence-electron chi connectivity index (χ1n) is 7.87. The molecule has 0 bridgehead atoms. The second-order valence-electron chi connectivity index (χ2n) is 5.74. The van der Waals surface area contributed by atoms with E-state index in [4.69, 9.17) is 27.9 Å². The number of halogens is 2. The Labute approximate surface area is 161 Å². The number of carbonyl (C=O) groups is 1. The lowest BCUT2D eigenvalue weighted by Gasteiger charge is -2.18. The van der Waals surface area contributed by atoms with Crippen LogP contribution in [-0.4, -0.2) is 34.7 Å². The summed E-state index contributed by atoms with van der Waals surface area (Å²) in [6.45, 7) is 0.354. The molecule has 134 valence electrons. The van der Waals surface area contributed by atoms with Crippen LogP contribution in [0.1, 0.15) is 16.1 Å². The van der Waals surface area contributed by atoms with Crippen molar-refractivity contribution in [1.82, 2.24) is 14.7 Å². The van der Waals surface area contributed by atoms with Crippen LogP contribution in [0.3, 0.4) is 0 Å². The minimum absolute atomic E-state index is 0.201. The molecule has 0 unspecified atom stereocenters. The molecule has 2 aromatic carbocycles. The van der Waals surface area contributed by atoms with Crippen LogP contribution >= 0.6 is 23.2 Å². The number of benzene rings is 2. The van der Waals surface area contributed by atoms with E-state index in [0.717, 1.165) is 11.3 Å². The summed E-state index contributed by atoms with van der Waals surface area (Å²) in [5, 5.41) is 5.55. The minimum atomic E-state index is -0.201. The van der Waals surface area contributed by atoms with Crippen LogP contribution in [0.25, 0.3) is 5.69 Å². The van der Waals surface area contributed by atoms with Crippen molar-refractivity contribution in [1.29, 1.82) is 0 Å². The predicted molar refractivity (Wildman–Crippen MR) is 102 cm³/mol. The number of methoxy groups -OCH3 is 1. The lowest BCUT2D eigenvalue weighted by Crippen LogP contribution is -2.27. The second kappa shape index (κ2) is 7.81. The van der Waals surface area contributed by atoms with E-state index in [1.165, 1.54) is 0 Å². The number of hydrogen-bond donors (Lipinski definition) is 0. The van der Waals surface area contributed by atoms with Gasteiger partial charge in [0.1, 0.15) is 5.75 Å². The van der Waals surface area contributed by atoms with Crippen molar-refractivity contribution in [3.05, 3.63) is 76.0 Å². The van der Waals surface area contributed by atoms with Gasteiger partial charge in [-0.3, -0.25) is 4.79 Å². The zero-order chi connectivity index (χ0) is 18.7. The number of rotatable bonds is 5. The van der Waals surface area contributed by atoms with Crippen LogP contribution in [-0.2, 0) is 6.54 Å². The molecule has 0 N–H and O–H groups in total. The maximum atomic E-state index is 12.7. The van der Waals surface area contributed by atoms with Crippen LogP contribution in [0.4, 0.5) is 0 Å². The topological polar surface area (TPSA) is 47.4 Å². The molecule has 26 heavy (non-hydrogen) atoms. The third kappa shape index (κ3) is 4.00. The molecule has 3 rings (SSSR count). The first kappa shape index (κ1) is 18.3. The number of aromatic nitrogens is 2. The third-order valence-electron chi connectivity index (χ3n) is 3.88. The average molecular weight is 390 g/mol. The highest BCUT2D eigenvalue weighted by Gasteiger charge is 2.17. The number of ether oxygens (including phenoxy) is 1. The first-order valence-corrected chi connectivity index (χ1v) is 8.63. The molecule has 0 radical (unpaired) electrons. The Morgan fingerprint density at radius 3 is 2.65 bits per heavy atom. The lowest BCUT2D eigenvalue weighted by molar-refractivity contribution is 0.0778. The Bertz CT molecular complexity index is 940. The molecule has 0 aliphatic rings. The molecule has 3 aromatic rings. The summed E-state index contributed by atoms with van der Waals surface area (Å²) in [5.74, 6) is 0.478. The van der Waals surface area contributed by atoms with Crippen LogP contribution in [0.2, 0.25) is 10.0 Å². The third-order valence-corrected chi connectivity index (χ3v) is 4.35. The van der Waals surface area contributed by atoms with Gasteiger partial charge in [-0.2, -0.15) is 5.10 Å². The molecule has 1 aromatic heterocycles. The van der Waals surface area contributed by atoms with E-state index in [2.05, 4.69) is 5.10 Å². The zero-order valence-corrected chi connectivity index (χ0v) is 15.8. The lowest BCUT2D eigenvalue weighted by atomic mass is 10.2. The Kier molecular flexibility index (Phi) is 5.49. The van der Waals surface area contributed by atoms with E-state index in [-0.39, 0.29) is 5.91 Å². The fraction of sp³-hybridized carbons (Fsp3) is 0.158. The summed E-state index contributed by atoms with van der Waals surface area (Å²) in [7, 11) is 3.29. The summed E-state index contributed by atoms with van der Waals surface area (Å²) in [4.78, 5) is 14.3. The average Bonchev–Trinajstić information content (AvgIpc) is 3.11. The smallest absolute Gasteiger partial charge is 0.274 e. The molecule has 0 fully saturated rings. The van der Waals surface area contributed by atoms with E-state index in [0.29, 0.717) is 28.0 Å². The van der Waals surface area contributed by atoms with Crippen molar-refractivity contribution in [2.24, 2.45) is 0 Å². The van der Waals surface area contributed by atoms with Crippen LogP contribution in [0.5, 0.6) is 5.75 Å². The summed E-state index contributed by atoms with van der Waals surface area (Å²) >= 11 is 12.1. The SMILES string of the molecule is COc1ccc(Cl)cc1CN(C)C(=O)c1ccn(-c2cccc(Cl)c2)n1. The molecule has 0 spiro atoms. The van der Waals surface area contributed by atoms with Crippen LogP contribution in [0, 0.1) is 0 Å².